The maximum Gasteiger partial charge on any atom is 0.0463 e. The predicted octanol–water partition coefficient (Wildman–Crippen LogP) is 13.7. The van der Waals surface area contributed by atoms with Crippen LogP contribution in [0.15, 0.2) is 213 Å². The van der Waals surface area contributed by atoms with Crippen LogP contribution in [-0.4, -0.2) is 7.05 Å². The van der Waals surface area contributed by atoms with Crippen molar-refractivity contribution in [1.82, 2.24) is 0 Å². The quantitative estimate of drug-likeness (QED) is 0.144. The van der Waals surface area contributed by atoms with E-state index < -0.39 is 0 Å². The van der Waals surface area contributed by atoms with Crippen LogP contribution in [-0.2, 0) is 0 Å². The van der Waals surface area contributed by atoms with E-state index >= 15 is 0 Å². The molecule has 0 atom stereocenters. The molecule has 0 saturated heterocycles. The number of allylic oxidation sites excluding steroid dienone is 3. The Morgan fingerprint density at radius 1 is 0.360 bits per heavy atom. The van der Waals surface area contributed by atoms with Gasteiger partial charge in [-0.25, -0.2) is 0 Å². The van der Waals surface area contributed by atoms with E-state index in [0.29, 0.717) is 0 Å². The van der Waals surface area contributed by atoms with E-state index in [1.165, 1.54) is 33.4 Å². The second-order valence-corrected chi connectivity index (χ2v) is 11.9. The number of hydrogen-bond donors (Lipinski definition) is 0. The van der Waals surface area contributed by atoms with Gasteiger partial charge >= 0.3 is 0 Å². The highest BCUT2D eigenvalue weighted by Crippen LogP contribution is 2.38. The molecule has 0 aliphatic heterocycles. The van der Waals surface area contributed by atoms with E-state index in [2.05, 4.69) is 211 Å². The summed E-state index contributed by atoms with van der Waals surface area (Å²) in [5.41, 5.74) is 12.9. The van der Waals surface area contributed by atoms with Crippen molar-refractivity contribution in [3.05, 3.63) is 213 Å². The molecule has 0 spiro atoms. The molecule has 7 aromatic carbocycles. The second kappa shape index (κ2) is 16.6. The van der Waals surface area contributed by atoms with Crippen LogP contribution in [0.25, 0.3) is 33.4 Å². The highest BCUT2D eigenvalue weighted by atomic mass is 15.1. The molecule has 0 aromatic heterocycles. The molecule has 0 aliphatic carbocycles. The highest BCUT2D eigenvalue weighted by Gasteiger charge is 2.14. The fourth-order valence-corrected chi connectivity index (χ4v) is 5.93. The molecule has 0 radical (unpaired) electrons. The summed E-state index contributed by atoms with van der Waals surface area (Å²) in [4.78, 5) is 4.55. The third-order valence-corrected chi connectivity index (χ3v) is 8.65. The molecular weight excluding hydrogens is 605 g/mol. The summed E-state index contributed by atoms with van der Waals surface area (Å²) < 4.78 is 0. The SMILES string of the molecule is C=C/C=C\C.CN(c1ccc(-c2ccccc2)cc1)c1ccc(N(c2ccc(-c3ccccc3)cc2)c2ccc(-c3ccccc3)cc2)cc1. The van der Waals surface area contributed by atoms with Gasteiger partial charge in [-0.15, -0.1) is 0 Å². The van der Waals surface area contributed by atoms with Gasteiger partial charge in [-0.05, 0) is 101 Å². The number of benzene rings is 7. The molecule has 244 valence electrons. The van der Waals surface area contributed by atoms with Gasteiger partial charge in [0.25, 0.3) is 0 Å². The van der Waals surface area contributed by atoms with Gasteiger partial charge in [0.15, 0.2) is 0 Å². The van der Waals surface area contributed by atoms with Crippen LogP contribution in [0.1, 0.15) is 6.92 Å². The molecule has 7 aromatic rings. The Labute approximate surface area is 297 Å². The minimum absolute atomic E-state index is 1.10. The highest BCUT2D eigenvalue weighted by molar-refractivity contribution is 5.81. The van der Waals surface area contributed by atoms with Crippen LogP contribution in [0.3, 0.4) is 0 Å². The topological polar surface area (TPSA) is 6.48 Å². The van der Waals surface area contributed by atoms with Gasteiger partial charge in [-0.2, -0.15) is 0 Å². The van der Waals surface area contributed by atoms with E-state index in [1.54, 1.807) is 6.08 Å². The van der Waals surface area contributed by atoms with Gasteiger partial charge in [0, 0.05) is 35.5 Å². The number of anilines is 5. The first-order valence-electron chi connectivity index (χ1n) is 17.0. The molecular formula is C48H42N2. The summed E-state index contributed by atoms with van der Waals surface area (Å²) in [6.45, 7) is 5.42. The van der Waals surface area contributed by atoms with Crippen molar-refractivity contribution >= 4 is 28.4 Å². The summed E-state index contributed by atoms with van der Waals surface area (Å²) in [5.74, 6) is 0. The van der Waals surface area contributed by atoms with Crippen LogP contribution in [0.2, 0.25) is 0 Å². The fraction of sp³-hybridized carbons (Fsp3) is 0.0417. The molecule has 0 heterocycles. The van der Waals surface area contributed by atoms with Crippen LogP contribution in [0.5, 0.6) is 0 Å². The number of nitrogens with zero attached hydrogens (tertiary/aromatic N) is 2. The van der Waals surface area contributed by atoms with Crippen molar-refractivity contribution in [1.29, 1.82) is 0 Å². The van der Waals surface area contributed by atoms with Crippen molar-refractivity contribution < 1.29 is 0 Å². The van der Waals surface area contributed by atoms with Crippen molar-refractivity contribution in [2.75, 3.05) is 16.8 Å². The third kappa shape index (κ3) is 8.18. The van der Waals surface area contributed by atoms with Gasteiger partial charge in [0.05, 0.1) is 0 Å². The molecule has 2 heteroatoms. The van der Waals surface area contributed by atoms with Gasteiger partial charge < -0.3 is 9.80 Å². The van der Waals surface area contributed by atoms with Gasteiger partial charge in [-0.3, -0.25) is 0 Å². The minimum atomic E-state index is 1.10. The van der Waals surface area contributed by atoms with Crippen molar-refractivity contribution in [2.24, 2.45) is 0 Å². The Morgan fingerprint density at radius 3 is 0.900 bits per heavy atom. The molecule has 0 N–H and O–H groups in total. The third-order valence-electron chi connectivity index (χ3n) is 8.65. The summed E-state index contributed by atoms with van der Waals surface area (Å²) >= 11 is 0. The number of hydrogen-bond acceptors (Lipinski definition) is 2. The lowest BCUT2D eigenvalue weighted by atomic mass is 10.0. The van der Waals surface area contributed by atoms with Crippen LogP contribution < -0.4 is 9.80 Å². The summed E-state index contributed by atoms with van der Waals surface area (Å²) in [6.07, 6.45) is 5.58. The van der Waals surface area contributed by atoms with E-state index in [9.17, 15) is 0 Å². The van der Waals surface area contributed by atoms with Gasteiger partial charge in [0.2, 0.25) is 0 Å². The number of rotatable bonds is 9. The Kier molecular flexibility index (Phi) is 11.2. The van der Waals surface area contributed by atoms with E-state index in [1.807, 2.05) is 19.1 Å². The first-order valence-corrected chi connectivity index (χ1v) is 17.0. The van der Waals surface area contributed by atoms with E-state index in [-0.39, 0.29) is 0 Å². The average Bonchev–Trinajstić information content (AvgIpc) is 3.20. The molecule has 0 fully saturated rings. The molecule has 7 rings (SSSR count). The average molecular weight is 647 g/mol. The summed E-state index contributed by atoms with van der Waals surface area (Å²) in [5, 5.41) is 0. The standard InChI is InChI=1S/C43H34N2.C5H8/c1-44(39-23-17-36(18-24-39)33-11-5-2-6-12-33)40-29-31-43(32-30-40)45(41-25-19-37(20-26-41)34-13-7-3-8-14-34)42-27-21-38(22-28-42)35-15-9-4-10-16-35;1-3-5-4-2/h2-32H,1H3;3-5H,1H2,2H3/b;5-4-. The zero-order valence-corrected chi connectivity index (χ0v) is 28.7. The predicted molar refractivity (Wildman–Crippen MR) is 217 cm³/mol. The Balaban J connectivity index is 0.000000808. The molecule has 0 amide bonds. The minimum Gasteiger partial charge on any atom is -0.345 e. The van der Waals surface area contributed by atoms with Crippen molar-refractivity contribution in [3.8, 4) is 33.4 Å². The molecule has 0 unspecified atom stereocenters. The normalized spacial score (nSPS) is 10.6. The van der Waals surface area contributed by atoms with Gasteiger partial charge in [0.1, 0.15) is 0 Å². The smallest absolute Gasteiger partial charge is 0.0463 e. The lowest BCUT2D eigenvalue weighted by Crippen LogP contribution is -2.12. The maximum absolute atomic E-state index is 3.46. The van der Waals surface area contributed by atoms with E-state index in [0.717, 1.165) is 28.4 Å². The van der Waals surface area contributed by atoms with E-state index in [4.69, 9.17) is 0 Å². The summed E-state index contributed by atoms with van der Waals surface area (Å²) in [7, 11) is 2.12. The Morgan fingerprint density at radius 2 is 0.620 bits per heavy atom. The fourth-order valence-electron chi connectivity index (χ4n) is 5.93. The largest absolute Gasteiger partial charge is 0.345 e. The molecule has 2 nitrogen and oxygen atoms in total. The molecule has 0 saturated carbocycles. The van der Waals surface area contributed by atoms with Crippen LogP contribution >= 0.6 is 0 Å². The first kappa shape index (κ1) is 33.5. The first-order chi connectivity index (χ1) is 24.6. The second-order valence-electron chi connectivity index (χ2n) is 11.9. The maximum atomic E-state index is 3.46. The molecule has 0 aliphatic rings. The molecule has 50 heavy (non-hydrogen) atoms. The lowest BCUT2D eigenvalue weighted by Gasteiger charge is -2.27. The zero-order valence-electron chi connectivity index (χ0n) is 28.7. The van der Waals surface area contributed by atoms with Crippen LogP contribution in [0, 0.1) is 0 Å². The summed E-state index contributed by atoms with van der Waals surface area (Å²) in [6, 6.07) is 66.8. The lowest BCUT2D eigenvalue weighted by molar-refractivity contribution is 1.20. The monoisotopic (exact) mass is 646 g/mol. The molecule has 0 bridgehead atoms. The van der Waals surface area contributed by atoms with Crippen molar-refractivity contribution in [3.63, 3.8) is 0 Å². The van der Waals surface area contributed by atoms with Crippen molar-refractivity contribution in [2.45, 2.75) is 6.92 Å². The Hall–Kier alpha value is -6.38. The van der Waals surface area contributed by atoms with Gasteiger partial charge in [-0.1, -0.05) is 152 Å². The Bertz CT molecular complexity index is 2000. The van der Waals surface area contributed by atoms with Crippen LogP contribution in [0.4, 0.5) is 28.4 Å². The zero-order chi connectivity index (χ0) is 34.5.